The number of carbonyl (C=O) groups excluding carboxylic acids is 2. The first kappa shape index (κ1) is 12.3. The van der Waals surface area contributed by atoms with E-state index >= 15 is 0 Å². The molecular weight excluding hydrogens is 206 g/mol. The number of imide groups is 1. The highest BCUT2D eigenvalue weighted by Crippen LogP contribution is 2.05. The highest BCUT2D eigenvalue weighted by atomic mass is 16.2. The lowest BCUT2D eigenvalue weighted by molar-refractivity contribution is -0.126. The summed E-state index contributed by atoms with van der Waals surface area (Å²) >= 11 is 0. The molecule has 0 aliphatic rings. The van der Waals surface area contributed by atoms with Crippen molar-refractivity contribution in [3.8, 4) is 0 Å². The number of aryl methyl sites for hydroxylation is 1. The Kier molecular flexibility index (Phi) is 4.13. The van der Waals surface area contributed by atoms with Gasteiger partial charge in [0, 0.05) is 37.5 Å². The molecule has 0 aromatic carbocycles. The van der Waals surface area contributed by atoms with Gasteiger partial charge in [-0.15, -0.1) is 0 Å². The third kappa shape index (κ3) is 2.87. The molecule has 1 aromatic heterocycles. The maximum atomic E-state index is 12.0. The lowest BCUT2D eigenvalue weighted by Gasteiger charge is -2.18. The topological polar surface area (TPSA) is 76.3 Å². The van der Waals surface area contributed by atoms with E-state index in [1.807, 2.05) is 0 Å². The molecule has 5 nitrogen and oxygen atoms in total. The van der Waals surface area contributed by atoms with Gasteiger partial charge in [-0.1, -0.05) is 0 Å². The van der Waals surface area contributed by atoms with Crippen molar-refractivity contribution < 1.29 is 9.59 Å². The first-order chi connectivity index (χ1) is 7.56. The van der Waals surface area contributed by atoms with Crippen LogP contribution in [0.2, 0.25) is 0 Å². The van der Waals surface area contributed by atoms with Gasteiger partial charge in [0.25, 0.3) is 5.91 Å². The summed E-state index contributed by atoms with van der Waals surface area (Å²) in [5, 5.41) is 0. The molecule has 86 valence electrons. The molecule has 1 aromatic rings. The molecule has 0 saturated heterocycles. The van der Waals surface area contributed by atoms with Crippen LogP contribution in [0.15, 0.2) is 18.3 Å². The van der Waals surface area contributed by atoms with E-state index in [0.717, 1.165) is 10.6 Å². The van der Waals surface area contributed by atoms with Crippen LogP contribution < -0.4 is 5.73 Å². The Morgan fingerprint density at radius 2 is 2.19 bits per heavy atom. The molecule has 0 atom stereocenters. The van der Waals surface area contributed by atoms with Gasteiger partial charge in [0.15, 0.2) is 0 Å². The maximum Gasteiger partial charge on any atom is 0.260 e. The molecule has 0 unspecified atom stereocenters. The van der Waals surface area contributed by atoms with Gasteiger partial charge in [-0.3, -0.25) is 19.5 Å². The van der Waals surface area contributed by atoms with E-state index in [9.17, 15) is 9.59 Å². The summed E-state index contributed by atoms with van der Waals surface area (Å²) < 4.78 is 0. The summed E-state index contributed by atoms with van der Waals surface area (Å²) in [4.78, 5) is 28.3. The summed E-state index contributed by atoms with van der Waals surface area (Å²) in [6, 6.07) is 3.23. The van der Waals surface area contributed by atoms with Gasteiger partial charge in [-0.2, -0.15) is 0 Å². The van der Waals surface area contributed by atoms with Crippen molar-refractivity contribution in [1.82, 2.24) is 9.88 Å². The average Bonchev–Trinajstić information content (AvgIpc) is 2.24. The smallest absolute Gasteiger partial charge is 0.260 e. The highest BCUT2D eigenvalue weighted by Gasteiger charge is 2.18. The number of amides is 2. The first-order valence-electron chi connectivity index (χ1n) is 5.01. The predicted molar refractivity (Wildman–Crippen MR) is 59.7 cm³/mol. The second kappa shape index (κ2) is 5.37. The number of pyridine rings is 1. The number of nitrogens with two attached hydrogens (primary N) is 1. The quantitative estimate of drug-likeness (QED) is 0.798. The number of rotatable bonds is 3. The van der Waals surface area contributed by atoms with Crippen LogP contribution in [-0.4, -0.2) is 34.8 Å². The summed E-state index contributed by atoms with van der Waals surface area (Å²) in [6.45, 7) is 3.63. The van der Waals surface area contributed by atoms with Crippen LogP contribution in [-0.2, 0) is 4.79 Å². The molecule has 0 radical (unpaired) electrons. The zero-order valence-electron chi connectivity index (χ0n) is 9.43. The van der Waals surface area contributed by atoms with Crippen molar-refractivity contribution in [1.29, 1.82) is 0 Å². The Morgan fingerprint density at radius 3 is 2.69 bits per heavy atom. The Balaban J connectivity index is 2.94. The van der Waals surface area contributed by atoms with Crippen molar-refractivity contribution in [2.24, 2.45) is 5.73 Å². The van der Waals surface area contributed by atoms with Crippen LogP contribution in [0, 0.1) is 6.92 Å². The molecule has 2 N–H and O–H groups in total. The van der Waals surface area contributed by atoms with E-state index in [1.165, 1.54) is 6.92 Å². The zero-order chi connectivity index (χ0) is 12.1. The Hall–Kier alpha value is -1.75. The van der Waals surface area contributed by atoms with Crippen LogP contribution in [0.1, 0.15) is 23.0 Å². The van der Waals surface area contributed by atoms with Crippen molar-refractivity contribution >= 4 is 11.8 Å². The van der Waals surface area contributed by atoms with E-state index in [-0.39, 0.29) is 24.9 Å². The lowest BCUT2D eigenvalue weighted by Crippen LogP contribution is -2.38. The molecular formula is C11H15N3O2. The minimum Gasteiger partial charge on any atom is -0.329 e. The number of nitrogens with zero attached hydrogens (tertiary/aromatic N) is 2. The first-order valence-corrected chi connectivity index (χ1v) is 5.01. The molecule has 0 saturated carbocycles. The molecule has 0 bridgehead atoms. The molecule has 16 heavy (non-hydrogen) atoms. The minimum absolute atomic E-state index is 0.232. The fourth-order valence-electron chi connectivity index (χ4n) is 1.37. The minimum atomic E-state index is -0.330. The van der Waals surface area contributed by atoms with Gasteiger partial charge in [0.1, 0.15) is 0 Å². The molecule has 0 aliphatic carbocycles. The Bertz CT molecular complexity index is 404. The molecule has 0 fully saturated rings. The standard InChI is InChI=1S/C11H15N3O2/c1-8-7-10(3-5-13-8)11(16)14(6-4-12)9(2)15/h3,5,7H,4,6,12H2,1-2H3. The van der Waals surface area contributed by atoms with Gasteiger partial charge in [-0.05, 0) is 19.1 Å². The SMILES string of the molecule is CC(=O)N(CCN)C(=O)c1ccnc(C)c1. The molecule has 0 aliphatic heterocycles. The van der Waals surface area contributed by atoms with Gasteiger partial charge in [0.05, 0.1) is 0 Å². The second-order valence-corrected chi connectivity index (χ2v) is 3.45. The van der Waals surface area contributed by atoms with Gasteiger partial charge in [0.2, 0.25) is 5.91 Å². The monoisotopic (exact) mass is 221 g/mol. The summed E-state index contributed by atoms with van der Waals surface area (Å²) in [6.07, 6.45) is 1.54. The normalized spacial score (nSPS) is 9.94. The Morgan fingerprint density at radius 1 is 1.50 bits per heavy atom. The average molecular weight is 221 g/mol. The van der Waals surface area contributed by atoms with E-state index in [2.05, 4.69) is 4.98 Å². The van der Waals surface area contributed by atoms with Gasteiger partial charge in [-0.25, -0.2) is 0 Å². The maximum absolute atomic E-state index is 12.0. The van der Waals surface area contributed by atoms with Crippen LogP contribution in [0.5, 0.6) is 0 Å². The van der Waals surface area contributed by atoms with E-state index in [1.54, 1.807) is 25.3 Å². The molecule has 2 amide bonds. The number of aromatic nitrogens is 1. The zero-order valence-corrected chi connectivity index (χ0v) is 9.43. The van der Waals surface area contributed by atoms with Gasteiger partial charge < -0.3 is 5.73 Å². The van der Waals surface area contributed by atoms with Crippen molar-refractivity contribution in [2.75, 3.05) is 13.1 Å². The summed E-state index contributed by atoms with van der Waals surface area (Å²) in [7, 11) is 0. The molecule has 1 rings (SSSR count). The van der Waals surface area contributed by atoms with Crippen LogP contribution in [0.25, 0.3) is 0 Å². The lowest BCUT2D eigenvalue weighted by atomic mass is 10.2. The second-order valence-electron chi connectivity index (χ2n) is 3.45. The summed E-state index contributed by atoms with van der Waals surface area (Å²) in [5.74, 6) is -0.631. The number of hydrogen-bond donors (Lipinski definition) is 1. The van der Waals surface area contributed by atoms with Crippen LogP contribution >= 0.6 is 0 Å². The third-order valence-corrected chi connectivity index (χ3v) is 2.12. The molecule has 5 heteroatoms. The predicted octanol–water partition coefficient (Wildman–Crippen LogP) is 0.337. The summed E-state index contributed by atoms with van der Waals surface area (Å²) in [5.41, 5.74) is 6.55. The number of carbonyl (C=O) groups is 2. The van der Waals surface area contributed by atoms with Crippen molar-refractivity contribution in [3.05, 3.63) is 29.6 Å². The highest BCUT2D eigenvalue weighted by molar-refractivity contribution is 6.04. The Labute approximate surface area is 94.3 Å². The van der Waals surface area contributed by atoms with Gasteiger partial charge >= 0.3 is 0 Å². The van der Waals surface area contributed by atoms with Crippen molar-refractivity contribution in [3.63, 3.8) is 0 Å². The van der Waals surface area contributed by atoms with E-state index in [0.29, 0.717) is 5.56 Å². The van der Waals surface area contributed by atoms with Crippen LogP contribution in [0.4, 0.5) is 0 Å². The van der Waals surface area contributed by atoms with Crippen molar-refractivity contribution in [2.45, 2.75) is 13.8 Å². The molecule has 0 spiro atoms. The van der Waals surface area contributed by atoms with E-state index in [4.69, 9.17) is 5.73 Å². The fourth-order valence-corrected chi connectivity index (χ4v) is 1.37. The van der Waals surface area contributed by atoms with Crippen LogP contribution in [0.3, 0.4) is 0 Å². The number of hydrogen-bond acceptors (Lipinski definition) is 4. The fraction of sp³-hybridized carbons (Fsp3) is 0.364. The van der Waals surface area contributed by atoms with E-state index < -0.39 is 0 Å². The molecule has 1 heterocycles. The largest absolute Gasteiger partial charge is 0.329 e. The third-order valence-electron chi connectivity index (χ3n) is 2.12.